The molecule has 1 aromatic carbocycles. The summed E-state index contributed by atoms with van der Waals surface area (Å²) in [6.07, 6.45) is -3.88. The van der Waals surface area contributed by atoms with Crippen LogP contribution in [0.1, 0.15) is 12.0 Å². The van der Waals surface area contributed by atoms with Gasteiger partial charge in [-0.05, 0) is 17.7 Å². The van der Waals surface area contributed by atoms with Crippen molar-refractivity contribution in [3.8, 4) is 0 Å². The molecule has 1 aromatic rings. The number of carbonyl (C=O) groups is 3. The molecule has 0 bridgehead atoms. The van der Waals surface area contributed by atoms with Gasteiger partial charge in [0.05, 0.1) is 6.54 Å². The van der Waals surface area contributed by atoms with Gasteiger partial charge in [-0.25, -0.2) is 18.4 Å². The number of rotatable bonds is 8. The number of amides is 3. The third-order valence-corrected chi connectivity index (χ3v) is 3.07. The number of hydrogen-bond donors (Lipinski definition) is 4. The van der Waals surface area contributed by atoms with Gasteiger partial charge in [-0.2, -0.15) is 0 Å². The van der Waals surface area contributed by atoms with Crippen molar-refractivity contribution in [2.75, 3.05) is 6.54 Å². The molecule has 0 saturated heterocycles. The van der Waals surface area contributed by atoms with E-state index in [0.717, 1.165) is 5.56 Å². The largest absolute Gasteiger partial charge is 0.480 e. The minimum Gasteiger partial charge on any atom is -0.480 e. The van der Waals surface area contributed by atoms with Crippen molar-refractivity contribution >= 4 is 29.5 Å². The highest BCUT2D eigenvalue weighted by atomic mass is 35.5. The van der Waals surface area contributed by atoms with Crippen molar-refractivity contribution in [3.05, 3.63) is 34.9 Å². The molecule has 0 spiro atoms. The Morgan fingerprint density at radius 1 is 1.12 bits per heavy atom. The minimum absolute atomic E-state index is 0.188. The van der Waals surface area contributed by atoms with Gasteiger partial charge in [0.25, 0.3) is 0 Å². The van der Waals surface area contributed by atoms with Crippen LogP contribution in [-0.4, -0.2) is 42.0 Å². The summed E-state index contributed by atoms with van der Waals surface area (Å²) in [5, 5.41) is 15.8. The molecule has 0 aliphatic carbocycles. The predicted octanol–water partition coefficient (Wildman–Crippen LogP) is 1.36. The van der Waals surface area contributed by atoms with E-state index >= 15 is 0 Å². The smallest absolute Gasteiger partial charge is 0.326 e. The molecular weight excluding hydrogens is 348 g/mol. The van der Waals surface area contributed by atoms with Gasteiger partial charge in [0, 0.05) is 18.0 Å². The Morgan fingerprint density at radius 3 is 2.29 bits per heavy atom. The van der Waals surface area contributed by atoms with Crippen LogP contribution in [0.15, 0.2) is 24.3 Å². The second-order valence-electron chi connectivity index (χ2n) is 4.75. The van der Waals surface area contributed by atoms with Crippen molar-refractivity contribution in [2.45, 2.75) is 25.4 Å². The maximum atomic E-state index is 12.2. The van der Waals surface area contributed by atoms with Gasteiger partial charge in [-0.3, -0.25) is 4.79 Å². The lowest BCUT2D eigenvalue weighted by molar-refractivity contribution is -0.142. The van der Waals surface area contributed by atoms with Gasteiger partial charge >= 0.3 is 12.0 Å². The zero-order chi connectivity index (χ0) is 18.1. The van der Waals surface area contributed by atoms with Crippen molar-refractivity contribution < 1.29 is 28.3 Å². The van der Waals surface area contributed by atoms with Crippen LogP contribution < -0.4 is 16.0 Å². The molecule has 4 N–H and O–H groups in total. The third kappa shape index (κ3) is 7.73. The standard InChI is InChI=1S/C14H16ClF2N3O4/c15-9-3-1-8(2-4-9)6-18-14(24)19-7-12(21)20-10(13(22)23)5-11(16)17/h1-4,10-11H,5-7H2,(H,20,21)(H,22,23)(H2,18,19,24). The SMILES string of the molecule is O=C(CNC(=O)NCc1ccc(Cl)cc1)NC(CC(F)F)C(=O)O. The Kier molecular flexibility index (Phi) is 7.90. The fraction of sp³-hybridized carbons (Fsp3) is 0.357. The van der Waals surface area contributed by atoms with Crippen molar-refractivity contribution in [1.82, 2.24) is 16.0 Å². The Labute approximate surface area is 141 Å². The van der Waals surface area contributed by atoms with Crippen LogP contribution >= 0.6 is 11.6 Å². The summed E-state index contributed by atoms with van der Waals surface area (Å²) < 4.78 is 24.4. The number of benzene rings is 1. The highest BCUT2D eigenvalue weighted by Gasteiger charge is 2.24. The zero-order valence-electron chi connectivity index (χ0n) is 12.4. The van der Waals surface area contributed by atoms with Gasteiger partial charge in [0.2, 0.25) is 12.3 Å². The highest BCUT2D eigenvalue weighted by Crippen LogP contribution is 2.09. The van der Waals surface area contributed by atoms with Crippen LogP contribution in [0.3, 0.4) is 0 Å². The molecule has 7 nitrogen and oxygen atoms in total. The maximum absolute atomic E-state index is 12.2. The predicted molar refractivity (Wildman–Crippen MR) is 81.9 cm³/mol. The van der Waals surface area contributed by atoms with E-state index in [0.29, 0.717) is 5.02 Å². The summed E-state index contributed by atoms with van der Waals surface area (Å²) in [6.45, 7) is -0.354. The molecule has 0 saturated carbocycles. The van der Waals surface area contributed by atoms with E-state index in [-0.39, 0.29) is 6.54 Å². The number of hydrogen-bond acceptors (Lipinski definition) is 3. The molecule has 0 aliphatic rings. The lowest BCUT2D eigenvalue weighted by atomic mass is 10.2. The zero-order valence-corrected chi connectivity index (χ0v) is 13.1. The number of carboxylic acids is 1. The van der Waals surface area contributed by atoms with E-state index in [1.807, 2.05) is 5.32 Å². The quantitative estimate of drug-likeness (QED) is 0.559. The van der Waals surface area contributed by atoms with E-state index in [1.165, 1.54) is 0 Å². The first kappa shape index (κ1) is 19.6. The molecule has 0 radical (unpaired) electrons. The van der Waals surface area contributed by atoms with Gasteiger partial charge in [0.15, 0.2) is 0 Å². The fourth-order valence-electron chi connectivity index (χ4n) is 1.65. The van der Waals surface area contributed by atoms with Crippen molar-refractivity contribution in [1.29, 1.82) is 0 Å². The number of alkyl halides is 2. The molecule has 1 atom stereocenters. The van der Waals surface area contributed by atoms with E-state index in [9.17, 15) is 23.2 Å². The topological polar surface area (TPSA) is 108 Å². The van der Waals surface area contributed by atoms with Gasteiger partial charge < -0.3 is 21.1 Å². The van der Waals surface area contributed by atoms with Crippen LogP contribution in [0, 0.1) is 0 Å². The number of carboxylic acid groups (broad SMARTS) is 1. The molecule has 0 aliphatic heterocycles. The number of nitrogens with one attached hydrogen (secondary N) is 3. The fourth-order valence-corrected chi connectivity index (χ4v) is 1.78. The van der Waals surface area contributed by atoms with Crippen LogP contribution in [0.5, 0.6) is 0 Å². The molecule has 1 rings (SSSR count). The third-order valence-electron chi connectivity index (χ3n) is 2.82. The Balaban J connectivity index is 2.33. The van der Waals surface area contributed by atoms with Crippen molar-refractivity contribution in [3.63, 3.8) is 0 Å². The summed E-state index contributed by atoms with van der Waals surface area (Å²) >= 11 is 5.72. The number of urea groups is 1. The molecule has 132 valence electrons. The maximum Gasteiger partial charge on any atom is 0.326 e. The molecule has 0 aromatic heterocycles. The van der Waals surface area contributed by atoms with Crippen molar-refractivity contribution in [2.24, 2.45) is 0 Å². The Hall–Kier alpha value is -2.42. The van der Waals surface area contributed by atoms with Gasteiger partial charge in [-0.1, -0.05) is 23.7 Å². The Bertz CT molecular complexity index is 584. The summed E-state index contributed by atoms with van der Waals surface area (Å²) in [6, 6.07) is 4.34. The lowest BCUT2D eigenvalue weighted by Gasteiger charge is -2.14. The van der Waals surface area contributed by atoms with E-state index in [1.54, 1.807) is 24.3 Å². The number of carbonyl (C=O) groups excluding carboxylic acids is 2. The normalized spacial score (nSPS) is 11.7. The first-order valence-electron chi connectivity index (χ1n) is 6.84. The second-order valence-corrected chi connectivity index (χ2v) is 5.18. The van der Waals surface area contributed by atoms with Crippen LogP contribution in [-0.2, 0) is 16.1 Å². The summed E-state index contributed by atoms with van der Waals surface area (Å²) in [5.41, 5.74) is 0.780. The van der Waals surface area contributed by atoms with Crippen LogP contribution in [0.2, 0.25) is 5.02 Å². The summed E-state index contributed by atoms with van der Waals surface area (Å²) in [4.78, 5) is 33.7. The van der Waals surface area contributed by atoms with E-state index in [2.05, 4.69) is 10.6 Å². The van der Waals surface area contributed by atoms with Gasteiger partial charge in [-0.15, -0.1) is 0 Å². The Morgan fingerprint density at radius 2 is 1.75 bits per heavy atom. The average molecular weight is 364 g/mol. The first-order chi connectivity index (χ1) is 11.3. The molecule has 10 heteroatoms. The molecule has 0 heterocycles. The number of halogens is 3. The van der Waals surface area contributed by atoms with Crippen LogP contribution in [0.4, 0.5) is 13.6 Å². The highest BCUT2D eigenvalue weighted by molar-refractivity contribution is 6.30. The average Bonchev–Trinajstić information content (AvgIpc) is 2.51. The van der Waals surface area contributed by atoms with E-state index in [4.69, 9.17) is 16.7 Å². The molecule has 1 unspecified atom stereocenters. The number of aliphatic carboxylic acids is 1. The molecule has 3 amide bonds. The monoisotopic (exact) mass is 363 g/mol. The first-order valence-corrected chi connectivity index (χ1v) is 7.22. The summed E-state index contributed by atoms with van der Waals surface area (Å²) in [5.74, 6) is -2.46. The van der Waals surface area contributed by atoms with Gasteiger partial charge in [0.1, 0.15) is 6.04 Å². The van der Waals surface area contributed by atoms with Crippen LogP contribution in [0.25, 0.3) is 0 Å². The van der Waals surface area contributed by atoms with E-state index < -0.39 is 43.3 Å². The molecule has 24 heavy (non-hydrogen) atoms. The second kappa shape index (κ2) is 9.66. The molecule has 0 fully saturated rings. The molecular formula is C14H16ClF2N3O4. The lowest BCUT2D eigenvalue weighted by Crippen LogP contribution is -2.47. The summed E-state index contributed by atoms with van der Waals surface area (Å²) in [7, 11) is 0. The minimum atomic E-state index is -2.87.